The van der Waals surface area contributed by atoms with E-state index in [4.69, 9.17) is 0 Å². The summed E-state index contributed by atoms with van der Waals surface area (Å²) in [6.07, 6.45) is 1.70. The lowest BCUT2D eigenvalue weighted by molar-refractivity contribution is 0.0954. The highest BCUT2D eigenvalue weighted by atomic mass is 16.2. The van der Waals surface area contributed by atoms with Crippen LogP contribution in [0.25, 0.3) is 11.4 Å². The number of aromatic nitrogens is 3. The first kappa shape index (κ1) is 10.2. The zero-order valence-electron chi connectivity index (χ0n) is 10.1. The number of carbonyl (C=O) groups excluding carboxylic acids is 1. The summed E-state index contributed by atoms with van der Waals surface area (Å²) >= 11 is 0. The fourth-order valence-corrected chi connectivity index (χ4v) is 1.97. The summed E-state index contributed by atoms with van der Waals surface area (Å²) < 4.78 is 1.46. The molecule has 0 saturated carbocycles. The Morgan fingerprint density at radius 1 is 1.29 bits per heavy atom. The topological polar surface area (TPSA) is 47.8 Å². The summed E-state index contributed by atoms with van der Waals surface area (Å²) in [6, 6.07) is 5.51. The molecule has 0 N–H and O–H groups in total. The van der Waals surface area contributed by atoms with E-state index in [1.165, 1.54) is 4.68 Å². The summed E-state index contributed by atoms with van der Waals surface area (Å²) in [5.41, 5.74) is 3.02. The zero-order chi connectivity index (χ0) is 12.2. The van der Waals surface area contributed by atoms with Crippen LogP contribution in [0.3, 0.4) is 0 Å². The molecule has 2 aromatic rings. The van der Waals surface area contributed by atoms with Crippen LogP contribution >= 0.6 is 0 Å². The lowest BCUT2D eigenvalue weighted by atomic mass is 9.92. The summed E-state index contributed by atoms with van der Waals surface area (Å²) in [5.74, 6) is -0.0846. The molecule has 1 aliphatic heterocycles. The molecule has 0 unspecified atom stereocenters. The van der Waals surface area contributed by atoms with Crippen LogP contribution in [0.1, 0.15) is 36.8 Å². The highest BCUT2D eigenvalue weighted by molar-refractivity contribution is 6.07. The Kier molecular flexibility index (Phi) is 1.82. The van der Waals surface area contributed by atoms with Gasteiger partial charge in [-0.3, -0.25) is 9.78 Å². The molecule has 1 aliphatic rings. The smallest absolute Gasteiger partial charge is 0.267 e. The van der Waals surface area contributed by atoms with E-state index >= 15 is 0 Å². The van der Waals surface area contributed by atoms with Gasteiger partial charge >= 0.3 is 0 Å². The molecule has 4 heteroatoms. The third kappa shape index (κ3) is 1.33. The van der Waals surface area contributed by atoms with Crippen LogP contribution in [0, 0.1) is 0 Å². The number of pyridine rings is 1. The molecule has 4 nitrogen and oxygen atoms in total. The molecule has 0 aliphatic carbocycles. The molecule has 3 rings (SSSR count). The van der Waals surface area contributed by atoms with Gasteiger partial charge in [0, 0.05) is 11.6 Å². The van der Waals surface area contributed by atoms with E-state index in [9.17, 15) is 4.79 Å². The Morgan fingerprint density at radius 3 is 2.76 bits per heavy atom. The maximum Gasteiger partial charge on any atom is 0.281 e. The summed E-state index contributed by atoms with van der Waals surface area (Å²) in [6.45, 7) is 6.23. The standard InChI is InChI=1S/C13H13N3O/c1-13(2,3)10-7-9-11-8(5-4-6-14-11)12(17)16(9)15-10/h4-7H,1-3H3. The van der Waals surface area contributed by atoms with Crippen molar-refractivity contribution in [2.24, 2.45) is 0 Å². The Hall–Kier alpha value is -1.97. The second-order valence-electron chi connectivity index (χ2n) is 5.28. The average molecular weight is 227 g/mol. The predicted octanol–water partition coefficient (Wildman–Crippen LogP) is 2.24. The Balaban J connectivity index is 2.24. The minimum Gasteiger partial charge on any atom is -0.267 e. The molecule has 0 atom stereocenters. The van der Waals surface area contributed by atoms with Crippen LogP contribution < -0.4 is 0 Å². The number of hydrogen-bond donors (Lipinski definition) is 0. The lowest BCUT2D eigenvalue weighted by Crippen LogP contribution is -2.15. The second kappa shape index (κ2) is 3.03. The van der Waals surface area contributed by atoms with Crippen molar-refractivity contribution in [2.75, 3.05) is 0 Å². The van der Waals surface area contributed by atoms with Crippen molar-refractivity contribution in [3.8, 4) is 11.4 Å². The van der Waals surface area contributed by atoms with Crippen LogP contribution in [0.4, 0.5) is 0 Å². The summed E-state index contributed by atoms with van der Waals surface area (Å²) in [7, 11) is 0. The van der Waals surface area contributed by atoms with Gasteiger partial charge in [0.15, 0.2) is 0 Å². The molecule has 0 radical (unpaired) electrons. The molecule has 86 valence electrons. The van der Waals surface area contributed by atoms with Crippen molar-refractivity contribution in [3.05, 3.63) is 35.7 Å². The molecule has 0 saturated heterocycles. The molecule has 2 aromatic heterocycles. The Morgan fingerprint density at radius 2 is 2.06 bits per heavy atom. The minimum absolute atomic E-state index is 0.0629. The molecular weight excluding hydrogens is 214 g/mol. The van der Waals surface area contributed by atoms with Gasteiger partial charge in [-0.25, -0.2) is 0 Å². The minimum atomic E-state index is -0.0846. The van der Waals surface area contributed by atoms with Gasteiger partial charge in [-0.2, -0.15) is 9.78 Å². The third-order valence-electron chi connectivity index (χ3n) is 2.95. The third-order valence-corrected chi connectivity index (χ3v) is 2.95. The van der Waals surface area contributed by atoms with E-state index in [1.807, 2.05) is 6.07 Å². The van der Waals surface area contributed by atoms with Crippen molar-refractivity contribution in [1.82, 2.24) is 14.8 Å². The number of fused-ring (bicyclic) bond motifs is 3. The van der Waals surface area contributed by atoms with Crippen LogP contribution in [0.2, 0.25) is 0 Å². The van der Waals surface area contributed by atoms with Gasteiger partial charge < -0.3 is 0 Å². The quantitative estimate of drug-likeness (QED) is 0.591. The Bertz CT molecular complexity index is 620. The maximum atomic E-state index is 12.1. The van der Waals surface area contributed by atoms with E-state index in [0.29, 0.717) is 5.56 Å². The molecule has 0 aromatic carbocycles. The van der Waals surface area contributed by atoms with Crippen molar-refractivity contribution in [2.45, 2.75) is 26.2 Å². The van der Waals surface area contributed by atoms with E-state index in [-0.39, 0.29) is 11.3 Å². The lowest BCUT2D eigenvalue weighted by Gasteiger charge is -2.14. The SMILES string of the molecule is CC(C)(C)c1cc2n(n1)C(=O)c1cccnc1-2. The molecule has 0 bridgehead atoms. The number of rotatable bonds is 0. The van der Waals surface area contributed by atoms with Gasteiger partial charge in [0.25, 0.3) is 5.91 Å². The van der Waals surface area contributed by atoms with Crippen molar-refractivity contribution >= 4 is 5.91 Å². The van der Waals surface area contributed by atoms with Crippen molar-refractivity contribution < 1.29 is 4.79 Å². The Labute approximate surface area is 99.3 Å². The average Bonchev–Trinajstić information content (AvgIpc) is 2.80. The first-order chi connectivity index (χ1) is 7.98. The van der Waals surface area contributed by atoms with E-state index in [1.54, 1.807) is 18.3 Å². The van der Waals surface area contributed by atoms with E-state index in [2.05, 4.69) is 30.9 Å². The van der Waals surface area contributed by atoms with Crippen molar-refractivity contribution in [3.63, 3.8) is 0 Å². The summed E-state index contributed by atoms with van der Waals surface area (Å²) in [4.78, 5) is 16.4. The van der Waals surface area contributed by atoms with Gasteiger partial charge in [0.1, 0.15) is 5.69 Å². The highest BCUT2D eigenvalue weighted by Crippen LogP contribution is 2.32. The number of carbonyl (C=O) groups is 1. The molecule has 0 fully saturated rings. The van der Waals surface area contributed by atoms with Crippen molar-refractivity contribution in [1.29, 1.82) is 0 Å². The highest BCUT2D eigenvalue weighted by Gasteiger charge is 2.31. The first-order valence-electron chi connectivity index (χ1n) is 5.59. The monoisotopic (exact) mass is 227 g/mol. The molecule has 0 amide bonds. The molecule has 0 spiro atoms. The zero-order valence-corrected chi connectivity index (χ0v) is 10.1. The molecule has 3 heterocycles. The van der Waals surface area contributed by atoms with Crippen LogP contribution in [-0.2, 0) is 5.41 Å². The van der Waals surface area contributed by atoms with Crippen LogP contribution in [0.5, 0.6) is 0 Å². The molecular formula is C13H13N3O. The second-order valence-corrected chi connectivity index (χ2v) is 5.28. The normalized spacial score (nSPS) is 13.7. The van der Waals surface area contributed by atoms with Crippen LogP contribution in [-0.4, -0.2) is 20.7 Å². The fraction of sp³-hybridized carbons (Fsp3) is 0.308. The fourth-order valence-electron chi connectivity index (χ4n) is 1.97. The van der Waals surface area contributed by atoms with Gasteiger partial charge in [-0.1, -0.05) is 20.8 Å². The number of hydrogen-bond acceptors (Lipinski definition) is 3. The largest absolute Gasteiger partial charge is 0.281 e. The van der Waals surface area contributed by atoms with Crippen LogP contribution in [0.15, 0.2) is 24.4 Å². The van der Waals surface area contributed by atoms with E-state index in [0.717, 1.165) is 17.1 Å². The summed E-state index contributed by atoms with van der Waals surface area (Å²) in [5, 5.41) is 4.38. The molecule has 17 heavy (non-hydrogen) atoms. The maximum absolute atomic E-state index is 12.1. The van der Waals surface area contributed by atoms with Gasteiger partial charge in [-0.05, 0) is 18.2 Å². The van der Waals surface area contributed by atoms with Gasteiger partial charge in [0.2, 0.25) is 0 Å². The van der Waals surface area contributed by atoms with Gasteiger partial charge in [-0.15, -0.1) is 0 Å². The first-order valence-corrected chi connectivity index (χ1v) is 5.59. The number of nitrogens with zero attached hydrogens (tertiary/aromatic N) is 3. The predicted molar refractivity (Wildman–Crippen MR) is 63.9 cm³/mol. The van der Waals surface area contributed by atoms with E-state index < -0.39 is 0 Å². The van der Waals surface area contributed by atoms with Gasteiger partial charge in [0.05, 0.1) is 17.0 Å².